The van der Waals surface area contributed by atoms with Gasteiger partial charge in [0.05, 0.1) is 17.7 Å². The van der Waals surface area contributed by atoms with Crippen LogP contribution in [0.4, 0.5) is 0 Å². The van der Waals surface area contributed by atoms with E-state index in [4.69, 9.17) is 5.26 Å². The van der Waals surface area contributed by atoms with Gasteiger partial charge in [-0.05, 0) is 38.7 Å². The van der Waals surface area contributed by atoms with Crippen LogP contribution in [-0.4, -0.2) is 43.3 Å². The van der Waals surface area contributed by atoms with Gasteiger partial charge in [0.25, 0.3) is 0 Å². The summed E-state index contributed by atoms with van der Waals surface area (Å²) >= 11 is 0. The Balaban J connectivity index is 2.50. The van der Waals surface area contributed by atoms with Crippen molar-refractivity contribution in [1.29, 1.82) is 5.26 Å². The summed E-state index contributed by atoms with van der Waals surface area (Å²) < 4.78 is 0. The SMILES string of the molecule is C[C@@H](NC[C@H](O)CN(C)C)c1cccc(C#N)c1. The van der Waals surface area contributed by atoms with Crippen LogP contribution >= 0.6 is 0 Å². The Morgan fingerprint density at radius 2 is 2.17 bits per heavy atom. The molecule has 0 fully saturated rings. The number of aliphatic hydroxyl groups is 1. The summed E-state index contributed by atoms with van der Waals surface area (Å²) in [6.45, 7) is 3.20. The van der Waals surface area contributed by atoms with Gasteiger partial charge in [0.15, 0.2) is 0 Å². The molecule has 1 rings (SSSR count). The first kappa shape index (κ1) is 14.7. The molecule has 0 heterocycles. The molecule has 4 heteroatoms. The number of benzene rings is 1. The van der Waals surface area contributed by atoms with Gasteiger partial charge in [-0.3, -0.25) is 0 Å². The van der Waals surface area contributed by atoms with Crippen molar-refractivity contribution in [3.63, 3.8) is 0 Å². The van der Waals surface area contributed by atoms with Crippen LogP contribution < -0.4 is 5.32 Å². The quantitative estimate of drug-likeness (QED) is 0.791. The number of aliphatic hydroxyl groups excluding tert-OH is 1. The first-order valence-electron chi connectivity index (χ1n) is 6.09. The number of rotatable bonds is 6. The Morgan fingerprint density at radius 3 is 2.78 bits per heavy atom. The minimum absolute atomic E-state index is 0.120. The van der Waals surface area contributed by atoms with Crippen molar-refractivity contribution in [2.75, 3.05) is 27.2 Å². The van der Waals surface area contributed by atoms with E-state index in [-0.39, 0.29) is 12.1 Å². The molecule has 98 valence electrons. The van der Waals surface area contributed by atoms with E-state index in [2.05, 4.69) is 11.4 Å². The van der Waals surface area contributed by atoms with Gasteiger partial charge in [0, 0.05) is 19.1 Å². The van der Waals surface area contributed by atoms with Gasteiger partial charge in [0.2, 0.25) is 0 Å². The minimum atomic E-state index is -0.387. The van der Waals surface area contributed by atoms with Crippen molar-refractivity contribution < 1.29 is 5.11 Å². The molecule has 0 bridgehead atoms. The Hall–Kier alpha value is -1.41. The molecule has 18 heavy (non-hydrogen) atoms. The molecule has 2 N–H and O–H groups in total. The molecular formula is C14H21N3O. The second-order valence-electron chi connectivity index (χ2n) is 4.78. The molecule has 0 radical (unpaired) electrons. The van der Waals surface area contributed by atoms with E-state index >= 15 is 0 Å². The highest BCUT2D eigenvalue weighted by molar-refractivity contribution is 5.33. The van der Waals surface area contributed by atoms with Gasteiger partial charge in [-0.2, -0.15) is 5.26 Å². The monoisotopic (exact) mass is 247 g/mol. The normalized spacial score (nSPS) is 14.2. The number of nitrogens with zero attached hydrogens (tertiary/aromatic N) is 2. The topological polar surface area (TPSA) is 59.3 Å². The molecular weight excluding hydrogens is 226 g/mol. The maximum absolute atomic E-state index is 9.76. The number of hydrogen-bond donors (Lipinski definition) is 2. The molecule has 0 aliphatic heterocycles. The lowest BCUT2D eigenvalue weighted by Crippen LogP contribution is -2.36. The van der Waals surface area contributed by atoms with E-state index in [1.807, 2.05) is 44.1 Å². The third-order valence-electron chi connectivity index (χ3n) is 2.75. The predicted octanol–water partition coefficient (Wildman–Crippen LogP) is 1.13. The molecule has 0 aliphatic rings. The summed E-state index contributed by atoms with van der Waals surface area (Å²) in [5, 5.41) is 21.9. The Bertz CT molecular complexity index is 412. The predicted molar refractivity (Wildman–Crippen MR) is 72.1 cm³/mol. The zero-order valence-electron chi connectivity index (χ0n) is 11.2. The van der Waals surface area contributed by atoms with E-state index < -0.39 is 0 Å². The average Bonchev–Trinajstić information content (AvgIpc) is 2.35. The molecule has 1 aromatic rings. The van der Waals surface area contributed by atoms with Crippen LogP contribution in [-0.2, 0) is 0 Å². The zero-order valence-corrected chi connectivity index (χ0v) is 11.2. The van der Waals surface area contributed by atoms with E-state index in [1.165, 1.54) is 0 Å². The molecule has 2 atom stereocenters. The summed E-state index contributed by atoms with van der Waals surface area (Å²) in [4.78, 5) is 1.95. The van der Waals surface area contributed by atoms with Gasteiger partial charge in [-0.15, -0.1) is 0 Å². The summed E-state index contributed by atoms with van der Waals surface area (Å²) in [7, 11) is 3.87. The molecule has 0 unspecified atom stereocenters. The largest absolute Gasteiger partial charge is 0.390 e. The van der Waals surface area contributed by atoms with Crippen molar-refractivity contribution in [2.24, 2.45) is 0 Å². The van der Waals surface area contributed by atoms with Gasteiger partial charge < -0.3 is 15.3 Å². The second-order valence-corrected chi connectivity index (χ2v) is 4.78. The maximum Gasteiger partial charge on any atom is 0.0991 e. The first-order valence-corrected chi connectivity index (χ1v) is 6.09. The van der Waals surface area contributed by atoms with E-state index in [9.17, 15) is 5.11 Å². The summed E-state index contributed by atoms with van der Waals surface area (Å²) in [5.41, 5.74) is 1.72. The van der Waals surface area contributed by atoms with Crippen LogP contribution in [0.1, 0.15) is 24.1 Å². The van der Waals surface area contributed by atoms with Crippen molar-refractivity contribution in [2.45, 2.75) is 19.1 Å². The fourth-order valence-electron chi connectivity index (χ4n) is 1.79. The standard InChI is InChI=1S/C14H21N3O/c1-11(16-9-14(18)10-17(2)3)13-6-4-5-12(7-13)8-15/h4-7,11,14,16,18H,9-10H2,1-3H3/t11-,14+/m1/s1. The van der Waals surface area contributed by atoms with Crippen LogP contribution in [0.15, 0.2) is 24.3 Å². The minimum Gasteiger partial charge on any atom is -0.390 e. The van der Waals surface area contributed by atoms with Crippen LogP contribution in [0.3, 0.4) is 0 Å². The zero-order chi connectivity index (χ0) is 13.5. The van der Waals surface area contributed by atoms with Crippen LogP contribution in [0.2, 0.25) is 0 Å². The summed E-state index contributed by atoms with van der Waals surface area (Å²) in [6, 6.07) is 9.77. The van der Waals surface area contributed by atoms with E-state index in [1.54, 1.807) is 6.07 Å². The van der Waals surface area contributed by atoms with E-state index in [0.717, 1.165) is 5.56 Å². The van der Waals surface area contributed by atoms with Gasteiger partial charge in [-0.25, -0.2) is 0 Å². The van der Waals surface area contributed by atoms with Gasteiger partial charge in [0.1, 0.15) is 0 Å². The number of likely N-dealkylation sites (N-methyl/N-ethyl adjacent to an activating group) is 1. The summed E-state index contributed by atoms with van der Waals surface area (Å²) in [6.07, 6.45) is -0.387. The van der Waals surface area contributed by atoms with Gasteiger partial charge >= 0.3 is 0 Å². The molecule has 1 aromatic carbocycles. The fraction of sp³-hybridized carbons (Fsp3) is 0.500. The Labute approximate surface area is 109 Å². The molecule has 0 amide bonds. The number of nitrogens with one attached hydrogen (secondary N) is 1. The van der Waals surface area contributed by atoms with E-state index in [0.29, 0.717) is 18.7 Å². The molecule has 0 aliphatic carbocycles. The average molecular weight is 247 g/mol. The second kappa shape index (κ2) is 7.12. The lowest BCUT2D eigenvalue weighted by atomic mass is 10.1. The van der Waals surface area contributed by atoms with Crippen LogP contribution in [0, 0.1) is 11.3 Å². The van der Waals surface area contributed by atoms with Crippen LogP contribution in [0.25, 0.3) is 0 Å². The lowest BCUT2D eigenvalue weighted by molar-refractivity contribution is 0.132. The Morgan fingerprint density at radius 1 is 1.44 bits per heavy atom. The molecule has 0 saturated heterocycles. The van der Waals surface area contributed by atoms with Gasteiger partial charge in [-0.1, -0.05) is 12.1 Å². The molecule has 0 saturated carbocycles. The number of hydrogen-bond acceptors (Lipinski definition) is 4. The molecule has 4 nitrogen and oxygen atoms in total. The highest BCUT2D eigenvalue weighted by atomic mass is 16.3. The van der Waals surface area contributed by atoms with Crippen molar-refractivity contribution >= 4 is 0 Å². The smallest absolute Gasteiger partial charge is 0.0991 e. The summed E-state index contributed by atoms with van der Waals surface area (Å²) in [5.74, 6) is 0. The van der Waals surface area contributed by atoms with Crippen molar-refractivity contribution in [1.82, 2.24) is 10.2 Å². The fourth-order valence-corrected chi connectivity index (χ4v) is 1.79. The highest BCUT2D eigenvalue weighted by Gasteiger charge is 2.09. The third kappa shape index (κ3) is 4.84. The van der Waals surface area contributed by atoms with Crippen LogP contribution in [0.5, 0.6) is 0 Å². The van der Waals surface area contributed by atoms with Crippen molar-refractivity contribution in [3.8, 4) is 6.07 Å². The highest BCUT2D eigenvalue weighted by Crippen LogP contribution is 2.13. The molecule has 0 spiro atoms. The van der Waals surface area contributed by atoms with Crippen molar-refractivity contribution in [3.05, 3.63) is 35.4 Å². The maximum atomic E-state index is 9.76. The lowest BCUT2D eigenvalue weighted by Gasteiger charge is -2.20. The molecule has 0 aromatic heterocycles. The first-order chi connectivity index (χ1) is 8.52. The number of nitriles is 1. The Kier molecular flexibility index (Phi) is 5.79. The third-order valence-corrected chi connectivity index (χ3v) is 2.75.